The van der Waals surface area contributed by atoms with Gasteiger partial charge in [-0.25, -0.2) is 9.59 Å². The molecule has 6 heteroatoms. The first-order chi connectivity index (χ1) is 16.4. The Bertz CT molecular complexity index is 495. The number of carbonyl (C=O) groups is 2. The lowest BCUT2D eigenvalue weighted by Crippen LogP contribution is -2.54. The van der Waals surface area contributed by atoms with E-state index in [1.54, 1.807) is 0 Å². The molecule has 0 saturated carbocycles. The number of unbranched alkanes of at least 4 members (excludes halogenated alkanes) is 18. The number of aliphatic carboxylic acids is 1. The zero-order valence-corrected chi connectivity index (χ0v) is 22.2. The smallest absolute Gasteiger partial charge is 0.341 e. The van der Waals surface area contributed by atoms with Gasteiger partial charge in [0.25, 0.3) is 0 Å². The molecule has 0 aliphatic rings. The number of hydrogen-bond acceptors (Lipinski definition) is 5. The molecule has 0 spiro atoms. The highest BCUT2D eigenvalue weighted by molar-refractivity contribution is 5.88. The van der Waals surface area contributed by atoms with E-state index in [1.165, 1.54) is 83.5 Å². The normalized spacial score (nSPS) is 14.0. The lowest BCUT2D eigenvalue weighted by atomic mass is 9.89. The van der Waals surface area contributed by atoms with Crippen LogP contribution >= 0.6 is 0 Å². The Labute approximate surface area is 208 Å². The van der Waals surface area contributed by atoms with Crippen LogP contribution in [0.1, 0.15) is 149 Å². The number of ether oxygens (including phenoxy) is 1. The molecule has 0 heterocycles. The monoisotopic (exact) mass is 486 g/mol. The van der Waals surface area contributed by atoms with Gasteiger partial charge in [0, 0.05) is 0 Å². The summed E-state index contributed by atoms with van der Waals surface area (Å²) in [6, 6.07) is 0. The van der Waals surface area contributed by atoms with E-state index in [2.05, 4.69) is 13.8 Å². The summed E-state index contributed by atoms with van der Waals surface area (Å²) in [5.74, 6) is -2.63. The summed E-state index contributed by atoms with van der Waals surface area (Å²) in [4.78, 5) is 23.7. The lowest BCUT2D eigenvalue weighted by Gasteiger charge is -2.28. The number of carboxylic acids is 1. The Balaban J connectivity index is 4.10. The Kier molecular flexibility index (Phi) is 21.6. The van der Waals surface area contributed by atoms with Crippen LogP contribution in [-0.4, -0.2) is 45.6 Å². The maximum Gasteiger partial charge on any atom is 0.341 e. The topological polar surface area (TPSA) is 104 Å². The third-order valence-electron chi connectivity index (χ3n) is 6.68. The number of carboxylic acid groups (broad SMARTS) is 1. The molecule has 2 atom stereocenters. The third-order valence-corrected chi connectivity index (χ3v) is 6.68. The van der Waals surface area contributed by atoms with Crippen molar-refractivity contribution in [3.05, 3.63) is 0 Å². The molecule has 0 aliphatic carbocycles. The second-order valence-electron chi connectivity index (χ2n) is 9.91. The van der Waals surface area contributed by atoms with E-state index < -0.39 is 23.6 Å². The summed E-state index contributed by atoms with van der Waals surface area (Å²) in [5, 5.41) is 29.9. The Hall–Kier alpha value is -1.14. The lowest BCUT2D eigenvalue weighted by molar-refractivity contribution is -0.189. The van der Waals surface area contributed by atoms with Crippen molar-refractivity contribution in [1.29, 1.82) is 0 Å². The van der Waals surface area contributed by atoms with Crippen LogP contribution in [0.15, 0.2) is 0 Å². The van der Waals surface area contributed by atoms with E-state index in [0.29, 0.717) is 12.8 Å². The largest absolute Gasteiger partial charge is 0.479 e. The van der Waals surface area contributed by atoms with Crippen LogP contribution in [0.5, 0.6) is 0 Å². The average molecular weight is 487 g/mol. The summed E-state index contributed by atoms with van der Waals surface area (Å²) in [7, 11) is 0. The van der Waals surface area contributed by atoms with E-state index in [9.17, 15) is 24.9 Å². The maximum absolute atomic E-state index is 12.5. The number of aliphatic hydroxyl groups excluding tert-OH is 1. The van der Waals surface area contributed by atoms with E-state index in [-0.39, 0.29) is 13.0 Å². The highest BCUT2D eigenvalue weighted by Crippen LogP contribution is 2.23. The van der Waals surface area contributed by atoms with E-state index in [1.807, 2.05) is 0 Å². The number of carbonyl (C=O) groups excluding carboxylic acids is 1. The van der Waals surface area contributed by atoms with Crippen molar-refractivity contribution in [2.75, 3.05) is 6.61 Å². The van der Waals surface area contributed by atoms with Gasteiger partial charge in [-0.15, -0.1) is 0 Å². The summed E-state index contributed by atoms with van der Waals surface area (Å²) in [6.45, 7) is 4.56. The quantitative estimate of drug-likeness (QED) is 0.0954. The third kappa shape index (κ3) is 16.5. The van der Waals surface area contributed by atoms with Crippen LogP contribution < -0.4 is 0 Å². The Morgan fingerprint density at radius 3 is 1.38 bits per heavy atom. The van der Waals surface area contributed by atoms with Crippen molar-refractivity contribution in [3.63, 3.8) is 0 Å². The van der Waals surface area contributed by atoms with Crippen LogP contribution in [0.25, 0.3) is 0 Å². The maximum atomic E-state index is 12.5. The van der Waals surface area contributed by atoms with Crippen molar-refractivity contribution in [2.24, 2.45) is 0 Å². The fourth-order valence-electron chi connectivity index (χ4n) is 4.32. The van der Waals surface area contributed by atoms with Gasteiger partial charge in [0.05, 0.1) is 6.61 Å². The first-order valence-corrected chi connectivity index (χ1v) is 14.2. The van der Waals surface area contributed by atoms with Gasteiger partial charge < -0.3 is 20.1 Å². The highest BCUT2D eigenvalue weighted by Gasteiger charge is 2.48. The molecule has 0 radical (unpaired) electrons. The minimum Gasteiger partial charge on any atom is -0.479 e. The molecule has 34 heavy (non-hydrogen) atoms. The Morgan fingerprint density at radius 2 is 1.00 bits per heavy atom. The molecule has 0 amide bonds. The van der Waals surface area contributed by atoms with Crippen molar-refractivity contribution >= 4 is 11.9 Å². The van der Waals surface area contributed by atoms with Gasteiger partial charge in [-0.3, -0.25) is 0 Å². The van der Waals surface area contributed by atoms with Gasteiger partial charge in [-0.05, 0) is 19.3 Å². The molecule has 202 valence electrons. The molecule has 0 rings (SSSR count). The van der Waals surface area contributed by atoms with Gasteiger partial charge in [0.15, 0.2) is 11.7 Å². The van der Waals surface area contributed by atoms with Crippen LogP contribution in [0.2, 0.25) is 0 Å². The van der Waals surface area contributed by atoms with Crippen LogP contribution in [-0.2, 0) is 14.3 Å². The second-order valence-corrected chi connectivity index (χ2v) is 9.91. The summed E-state index contributed by atoms with van der Waals surface area (Å²) < 4.78 is 5.18. The SMILES string of the molecule is CCCCCCCCCCCCOC(=O)C(O)(CCCCCCCCCCCC)C(O)C(=O)O. The van der Waals surface area contributed by atoms with Gasteiger partial charge in [0.1, 0.15) is 0 Å². The van der Waals surface area contributed by atoms with Crippen molar-refractivity contribution in [3.8, 4) is 0 Å². The van der Waals surface area contributed by atoms with Crippen LogP contribution in [0.4, 0.5) is 0 Å². The minimum absolute atomic E-state index is 0.103. The number of hydrogen-bond donors (Lipinski definition) is 3. The van der Waals surface area contributed by atoms with Gasteiger partial charge >= 0.3 is 11.9 Å². The van der Waals surface area contributed by atoms with E-state index in [0.717, 1.165) is 32.1 Å². The van der Waals surface area contributed by atoms with E-state index in [4.69, 9.17) is 4.74 Å². The molecule has 3 N–H and O–H groups in total. The van der Waals surface area contributed by atoms with Gasteiger partial charge in [-0.2, -0.15) is 0 Å². The van der Waals surface area contributed by atoms with E-state index >= 15 is 0 Å². The fourth-order valence-corrected chi connectivity index (χ4v) is 4.32. The van der Waals surface area contributed by atoms with Crippen LogP contribution in [0, 0.1) is 0 Å². The average Bonchev–Trinajstić information content (AvgIpc) is 2.82. The molecule has 0 aromatic carbocycles. The molecule has 0 aromatic rings. The molecular formula is C28H54O6. The Morgan fingerprint density at radius 1 is 0.647 bits per heavy atom. The first-order valence-electron chi connectivity index (χ1n) is 14.2. The molecule has 0 bridgehead atoms. The number of esters is 1. The summed E-state index contributed by atoms with van der Waals surface area (Å²) >= 11 is 0. The second kappa shape index (κ2) is 22.3. The standard InChI is InChI=1S/C28H54O6/c1-3-5-7-9-11-13-15-17-19-21-23-28(33,25(29)26(30)31)27(32)34-24-22-20-18-16-14-12-10-8-6-4-2/h25,29,33H,3-24H2,1-2H3,(H,30,31). The molecule has 0 aliphatic heterocycles. The number of aliphatic hydroxyl groups is 2. The molecule has 2 unspecified atom stereocenters. The summed E-state index contributed by atoms with van der Waals surface area (Å²) in [5.41, 5.74) is -2.38. The fraction of sp³-hybridized carbons (Fsp3) is 0.929. The first kappa shape index (κ1) is 32.9. The van der Waals surface area contributed by atoms with Crippen molar-refractivity contribution in [1.82, 2.24) is 0 Å². The predicted molar refractivity (Wildman–Crippen MR) is 138 cm³/mol. The highest BCUT2D eigenvalue weighted by atomic mass is 16.6. The van der Waals surface area contributed by atoms with Crippen molar-refractivity contribution in [2.45, 2.75) is 160 Å². The molecular weight excluding hydrogens is 432 g/mol. The summed E-state index contributed by atoms with van der Waals surface area (Å²) in [6.07, 6.45) is 20.1. The zero-order valence-electron chi connectivity index (χ0n) is 22.2. The molecule has 0 saturated heterocycles. The van der Waals surface area contributed by atoms with Crippen LogP contribution in [0.3, 0.4) is 0 Å². The number of rotatable bonds is 25. The molecule has 6 nitrogen and oxygen atoms in total. The van der Waals surface area contributed by atoms with Gasteiger partial charge in [-0.1, -0.05) is 129 Å². The predicted octanol–water partition coefficient (Wildman–Crippen LogP) is 6.94. The molecule has 0 aromatic heterocycles. The minimum atomic E-state index is -2.38. The van der Waals surface area contributed by atoms with Crippen molar-refractivity contribution < 1.29 is 29.6 Å². The zero-order chi connectivity index (χ0) is 25.5. The molecule has 0 fully saturated rings. The van der Waals surface area contributed by atoms with Gasteiger partial charge in [0.2, 0.25) is 0 Å².